The van der Waals surface area contributed by atoms with Gasteiger partial charge in [0.2, 0.25) is 0 Å². The van der Waals surface area contributed by atoms with E-state index in [2.05, 4.69) is 0 Å². The van der Waals surface area contributed by atoms with Crippen LogP contribution in [0.4, 0.5) is 4.79 Å². The zero-order valence-corrected chi connectivity index (χ0v) is 5.37. The first-order chi connectivity index (χ1) is 4.54. The molecule has 1 aliphatic rings. The minimum atomic E-state index is -1.83. The number of carbonyl (C=O) groups is 1. The van der Waals surface area contributed by atoms with Crippen molar-refractivity contribution in [2.24, 2.45) is 11.7 Å². The maximum atomic E-state index is 8.56. The number of hydrogen-bond acceptors (Lipinski definition) is 2. The second kappa shape index (κ2) is 3.71. The average Bonchev–Trinajstić information content (AvgIpc) is 2.38. The number of hydrogen-bond donors (Lipinski definition) is 4. The third-order valence-corrected chi connectivity index (χ3v) is 1.02. The molecule has 0 atom stereocenters. The van der Waals surface area contributed by atoms with Gasteiger partial charge in [-0.25, -0.2) is 4.79 Å². The summed E-state index contributed by atoms with van der Waals surface area (Å²) in [6, 6.07) is 0. The Morgan fingerprint density at radius 1 is 1.50 bits per heavy atom. The standard InChI is InChI=1S/C4H8N2.CH2O3/c5-4(6)3-1-2-3;2-1(3)4/h3H,1-2H2,(H3,5,6);(H2,2,3,4). The largest absolute Gasteiger partial charge is 0.503 e. The van der Waals surface area contributed by atoms with Crippen LogP contribution >= 0.6 is 0 Å². The van der Waals surface area contributed by atoms with Crippen molar-refractivity contribution >= 4 is 12.0 Å². The van der Waals surface area contributed by atoms with Crippen molar-refractivity contribution in [2.75, 3.05) is 0 Å². The third kappa shape index (κ3) is 6.74. The van der Waals surface area contributed by atoms with E-state index in [1.165, 1.54) is 0 Å². The summed E-state index contributed by atoms with van der Waals surface area (Å²) in [5.41, 5.74) is 5.08. The van der Waals surface area contributed by atoms with Crippen LogP contribution in [0.5, 0.6) is 0 Å². The molecule has 0 amide bonds. The number of carboxylic acid groups (broad SMARTS) is 2. The molecular weight excluding hydrogens is 136 g/mol. The van der Waals surface area contributed by atoms with Gasteiger partial charge in [-0.1, -0.05) is 0 Å². The van der Waals surface area contributed by atoms with E-state index in [9.17, 15) is 0 Å². The Labute approximate surface area is 58.0 Å². The lowest BCUT2D eigenvalue weighted by Gasteiger charge is -1.82. The van der Waals surface area contributed by atoms with Crippen LogP contribution in [0, 0.1) is 11.3 Å². The summed E-state index contributed by atoms with van der Waals surface area (Å²) in [5.74, 6) is 0.833. The smallest absolute Gasteiger partial charge is 0.450 e. The monoisotopic (exact) mass is 146 g/mol. The van der Waals surface area contributed by atoms with Crippen molar-refractivity contribution in [3.05, 3.63) is 0 Å². The van der Waals surface area contributed by atoms with Crippen molar-refractivity contribution < 1.29 is 15.0 Å². The van der Waals surface area contributed by atoms with Crippen molar-refractivity contribution in [2.45, 2.75) is 12.8 Å². The minimum Gasteiger partial charge on any atom is -0.450 e. The molecule has 58 valence electrons. The van der Waals surface area contributed by atoms with Crippen LogP contribution < -0.4 is 5.73 Å². The summed E-state index contributed by atoms with van der Waals surface area (Å²) in [7, 11) is 0. The maximum absolute atomic E-state index is 8.56. The lowest BCUT2D eigenvalue weighted by molar-refractivity contribution is 0.137. The minimum absolute atomic E-state index is 0.370. The Kier molecular flexibility index (Phi) is 3.24. The van der Waals surface area contributed by atoms with Crippen LogP contribution in [0.2, 0.25) is 0 Å². The molecule has 5 heteroatoms. The van der Waals surface area contributed by atoms with E-state index < -0.39 is 6.16 Å². The fraction of sp³-hybridized carbons (Fsp3) is 0.600. The predicted octanol–water partition coefficient (Wildman–Crippen LogP) is 0.555. The average molecular weight is 146 g/mol. The second-order valence-electron chi connectivity index (χ2n) is 2.01. The lowest BCUT2D eigenvalue weighted by atomic mass is 10.4. The number of amidine groups is 1. The topological polar surface area (TPSA) is 107 Å². The van der Waals surface area contributed by atoms with Gasteiger partial charge in [0.05, 0.1) is 5.84 Å². The summed E-state index contributed by atoms with van der Waals surface area (Å²) in [4.78, 5) is 8.56. The first-order valence-electron chi connectivity index (χ1n) is 2.80. The van der Waals surface area contributed by atoms with Gasteiger partial charge in [0.25, 0.3) is 0 Å². The van der Waals surface area contributed by atoms with E-state index in [-0.39, 0.29) is 0 Å². The Hall–Kier alpha value is -1.26. The highest BCUT2D eigenvalue weighted by molar-refractivity contribution is 5.81. The molecule has 5 N–H and O–H groups in total. The van der Waals surface area contributed by atoms with E-state index in [1.54, 1.807) is 0 Å². The van der Waals surface area contributed by atoms with E-state index in [1.807, 2.05) is 0 Å². The highest BCUT2D eigenvalue weighted by Crippen LogP contribution is 2.27. The Morgan fingerprint density at radius 2 is 1.80 bits per heavy atom. The van der Waals surface area contributed by atoms with Gasteiger partial charge in [-0.2, -0.15) is 0 Å². The zero-order chi connectivity index (χ0) is 8.15. The van der Waals surface area contributed by atoms with Gasteiger partial charge in [-0.3, -0.25) is 5.41 Å². The van der Waals surface area contributed by atoms with Gasteiger partial charge in [0, 0.05) is 5.92 Å². The van der Waals surface area contributed by atoms with Gasteiger partial charge in [-0.15, -0.1) is 0 Å². The summed E-state index contributed by atoms with van der Waals surface area (Å²) < 4.78 is 0. The fourth-order valence-corrected chi connectivity index (χ4v) is 0.394. The van der Waals surface area contributed by atoms with Crippen LogP contribution in [0.15, 0.2) is 0 Å². The van der Waals surface area contributed by atoms with Crippen LogP contribution in [-0.2, 0) is 0 Å². The van der Waals surface area contributed by atoms with Crippen LogP contribution in [-0.4, -0.2) is 22.2 Å². The number of rotatable bonds is 1. The van der Waals surface area contributed by atoms with Crippen molar-refractivity contribution in [1.29, 1.82) is 5.41 Å². The zero-order valence-electron chi connectivity index (χ0n) is 5.37. The van der Waals surface area contributed by atoms with Crippen LogP contribution in [0.25, 0.3) is 0 Å². The first kappa shape index (κ1) is 8.74. The Morgan fingerprint density at radius 3 is 1.80 bits per heavy atom. The lowest BCUT2D eigenvalue weighted by Crippen LogP contribution is -2.10. The molecule has 0 aromatic carbocycles. The summed E-state index contributed by atoms with van der Waals surface area (Å²) >= 11 is 0. The first-order valence-corrected chi connectivity index (χ1v) is 2.80. The molecule has 5 nitrogen and oxygen atoms in total. The number of nitrogens with one attached hydrogen (secondary N) is 1. The summed E-state index contributed by atoms with van der Waals surface area (Å²) in [6.45, 7) is 0. The highest BCUT2D eigenvalue weighted by Gasteiger charge is 2.23. The van der Waals surface area contributed by atoms with Gasteiger partial charge in [0.1, 0.15) is 0 Å². The quantitative estimate of drug-likeness (QED) is 0.320. The van der Waals surface area contributed by atoms with E-state index in [4.69, 9.17) is 26.2 Å². The van der Waals surface area contributed by atoms with Crippen molar-refractivity contribution in [1.82, 2.24) is 0 Å². The van der Waals surface area contributed by atoms with Gasteiger partial charge >= 0.3 is 6.16 Å². The molecule has 0 aromatic rings. The van der Waals surface area contributed by atoms with E-state index in [0.717, 1.165) is 12.8 Å². The van der Waals surface area contributed by atoms with Crippen molar-refractivity contribution in [3.8, 4) is 0 Å². The molecule has 0 bridgehead atoms. The van der Waals surface area contributed by atoms with Crippen LogP contribution in [0.1, 0.15) is 12.8 Å². The normalized spacial score (nSPS) is 14.8. The Bertz CT molecular complexity index is 138. The molecule has 0 spiro atoms. The van der Waals surface area contributed by atoms with Crippen LogP contribution in [0.3, 0.4) is 0 Å². The predicted molar refractivity (Wildman–Crippen MR) is 35.3 cm³/mol. The molecular formula is C5H10N2O3. The molecule has 0 aromatic heterocycles. The molecule has 1 rings (SSSR count). The molecule has 0 radical (unpaired) electrons. The molecule has 10 heavy (non-hydrogen) atoms. The van der Waals surface area contributed by atoms with Crippen molar-refractivity contribution in [3.63, 3.8) is 0 Å². The van der Waals surface area contributed by atoms with Gasteiger partial charge < -0.3 is 15.9 Å². The molecule has 1 fully saturated rings. The summed E-state index contributed by atoms with van der Waals surface area (Å²) in [6.07, 6.45) is 0.463. The molecule has 0 unspecified atom stereocenters. The highest BCUT2D eigenvalue weighted by atomic mass is 16.6. The number of nitrogens with two attached hydrogens (primary N) is 1. The molecule has 1 saturated carbocycles. The fourth-order valence-electron chi connectivity index (χ4n) is 0.394. The van der Waals surface area contributed by atoms with E-state index in [0.29, 0.717) is 11.8 Å². The molecule has 0 aliphatic heterocycles. The summed E-state index contributed by atoms with van der Waals surface area (Å²) in [5, 5.41) is 20.7. The SMILES string of the molecule is N=C(N)C1CC1.O=C(O)O. The van der Waals surface area contributed by atoms with Gasteiger partial charge in [-0.05, 0) is 12.8 Å². The van der Waals surface area contributed by atoms with Gasteiger partial charge in [0.15, 0.2) is 0 Å². The van der Waals surface area contributed by atoms with E-state index >= 15 is 0 Å². The molecule has 0 heterocycles. The second-order valence-corrected chi connectivity index (χ2v) is 2.01. The molecule has 1 aliphatic carbocycles. The molecule has 0 saturated heterocycles. The maximum Gasteiger partial charge on any atom is 0.503 e. The third-order valence-electron chi connectivity index (χ3n) is 1.02. The Balaban J connectivity index is 0.000000180.